The lowest BCUT2D eigenvalue weighted by atomic mass is 10.0. The van der Waals surface area contributed by atoms with Crippen molar-refractivity contribution in [3.8, 4) is 5.75 Å². The Bertz CT molecular complexity index is 384. The van der Waals surface area contributed by atoms with E-state index in [1.54, 1.807) is 0 Å². The third-order valence-corrected chi connectivity index (χ3v) is 2.76. The van der Waals surface area contributed by atoms with Crippen LogP contribution in [0.5, 0.6) is 5.75 Å². The Kier molecular flexibility index (Phi) is 3.90. The molecule has 1 rings (SSSR count). The molecule has 3 heteroatoms. The van der Waals surface area contributed by atoms with Gasteiger partial charge in [0.05, 0.1) is 11.2 Å². The average molecular weight is 238 g/mol. The van der Waals surface area contributed by atoms with Crippen molar-refractivity contribution in [2.75, 3.05) is 0 Å². The van der Waals surface area contributed by atoms with Gasteiger partial charge in [0.1, 0.15) is 5.69 Å². The average Bonchev–Trinajstić information content (AvgIpc) is 2.42. The molecule has 0 amide bonds. The molecule has 0 fully saturated rings. The predicted octanol–water partition coefficient (Wildman–Crippen LogP) is 3.67. The lowest BCUT2D eigenvalue weighted by Gasteiger charge is -2.23. The molecule has 3 nitrogen and oxygen atoms in total. The molecule has 0 saturated heterocycles. The Morgan fingerprint density at radius 2 is 1.71 bits per heavy atom. The van der Waals surface area contributed by atoms with E-state index in [0.717, 1.165) is 17.8 Å². The molecular weight excluding hydrogens is 212 g/mol. The fourth-order valence-corrected chi connectivity index (χ4v) is 1.98. The standard InChI is InChI=1S/C14H26N2O/c1-9(2)8-11-13(17)12(10(3)4)15-16(11)14(5,6)7/h9-10,17H,8H2,1-7H3. The van der Waals surface area contributed by atoms with Crippen molar-refractivity contribution < 1.29 is 5.11 Å². The number of nitrogens with zero attached hydrogens (tertiary/aromatic N) is 2. The molecule has 1 heterocycles. The number of aromatic hydroxyl groups is 1. The van der Waals surface area contributed by atoms with Crippen molar-refractivity contribution in [3.63, 3.8) is 0 Å². The topological polar surface area (TPSA) is 38.1 Å². The predicted molar refractivity (Wildman–Crippen MR) is 71.5 cm³/mol. The summed E-state index contributed by atoms with van der Waals surface area (Å²) in [6.45, 7) is 14.8. The monoisotopic (exact) mass is 238 g/mol. The summed E-state index contributed by atoms with van der Waals surface area (Å²) in [5.74, 6) is 1.16. The summed E-state index contributed by atoms with van der Waals surface area (Å²) in [6, 6.07) is 0. The van der Waals surface area contributed by atoms with E-state index in [2.05, 4.69) is 53.6 Å². The maximum atomic E-state index is 10.3. The van der Waals surface area contributed by atoms with Crippen molar-refractivity contribution >= 4 is 0 Å². The van der Waals surface area contributed by atoms with Gasteiger partial charge < -0.3 is 5.11 Å². The molecule has 0 saturated carbocycles. The minimum atomic E-state index is -0.0884. The maximum Gasteiger partial charge on any atom is 0.160 e. The summed E-state index contributed by atoms with van der Waals surface area (Å²) in [5, 5.41) is 14.9. The number of hydrogen-bond donors (Lipinski definition) is 1. The highest BCUT2D eigenvalue weighted by molar-refractivity contribution is 5.35. The minimum absolute atomic E-state index is 0.0884. The van der Waals surface area contributed by atoms with Gasteiger partial charge in [-0.1, -0.05) is 27.7 Å². The molecular formula is C14H26N2O. The van der Waals surface area contributed by atoms with Gasteiger partial charge in [-0.05, 0) is 33.1 Å². The third-order valence-electron chi connectivity index (χ3n) is 2.76. The molecule has 17 heavy (non-hydrogen) atoms. The summed E-state index contributed by atoms with van der Waals surface area (Å²) in [6.07, 6.45) is 0.864. The highest BCUT2D eigenvalue weighted by atomic mass is 16.3. The fraction of sp³-hybridized carbons (Fsp3) is 0.786. The number of hydrogen-bond acceptors (Lipinski definition) is 2. The van der Waals surface area contributed by atoms with Crippen LogP contribution in [0.1, 0.15) is 65.8 Å². The van der Waals surface area contributed by atoms with Crippen molar-refractivity contribution in [3.05, 3.63) is 11.4 Å². The van der Waals surface area contributed by atoms with Crippen molar-refractivity contribution in [2.45, 2.75) is 66.3 Å². The normalized spacial score (nSPS) is 12.8. The van der Waals surface area contributed by atoms with E-state index in [1.165, 1.54) is 0 Å². The van der Waals surface area contributed by atoms with Gasteiger partial charge in [0, 0.05) is 5.92 Å². The first-order valence-corrected chi connectivity index (χ1v) is 6.45. The number of rotatable bonds is 3. The molecule has 0 aliphatic heterocycles. The molecule has 1 aromatic rings. The molecule has 0 aliphatic rings. The van der Waals surface area contributed by atoms with E-state index >= 15 is 0 Å². The first-order chi connectivity index (χ1) is 7.64. The van der Waals surface area contributed by atoms with Gasteiger partial charge in [0.25, 0.3) is 0 Å². The van der Waals surface area contributed by atoms with E-state index in [1.807, 2.05) is 4.68 Å². The van der Waals surface area contributed by atoms with E-state index in [-0.39, 0.29) is 11.5 Å². The summed E-state index contributed by atoms with van der Waals surface area (Å²) in [7, 11) is 0. The van der Waals surface area contributed by atoms with Gasteiger partial charge in [-0.15, -0.1) is 0 Å². The van der Waals surface area contributed by atoms with Gasteiger partial charge >= 0.3 is 0 Å². The largest absolute Gasteiger partial charge is 0.504 e. The molecule has 0 unspecified atom stereocenters. The summed E-state index contributed by atoms with van der Waals surface area (Å²) in [5.41, 5.74) is 1.70. The Hall–Kier alpha value is -0.990. The zero-order chi connectivity index (χ0) is 13.4. The molecule has 0 radical (unpaired) electrons. The van der Waals surface area contributed by atoms with Crippen LogP contribution in [0.3, 0.4) is 0 Å². The van der Waals surface area contributed by atoms with Gasteiger partial charge in [-0.2, -0.15) is 5.10 Å². The Morgan fingerprint density at radius 3 is 2.06 bits per heavy atom. The molecule has 1 aromatic heterocycles. The van der Waals surface area contributed by atoms with Crippen molar-refractivity contribution in [2.24, 2.45) is 5.92 Å². The van der Waals surface area contributed by atoms with E-state index in [4.69, 9.17) is 0 Å². The van der Waals surface area contributed by atoms with Crippen molar-refractivity contribution in [1.29, 1.82) is 0 Å². The third kappa shape index (κ3) is 3.02. The fourth-order valence-electron chi connectivity index (χ4n) is 1.98. The highest BCUT2D eigenvalue weighted by Gasteiger charge is 2.26. The Balaban J connectivity index is 3.32. The second-order valence-corrected chi connectivity index (χ2v) is 6.52. The SMILES string of the molecule is CC(C)Cc1c(O)c(C(C)C)nn1C(C)(C)C. The van der Waals surface area contributed by atoms with Crippen LogP contribution >= 0.6 is 0 Å². The van der Waals surface area contributed by atoms with Crippen LogP contribution in [-0.4, -0.2) is 14.9 Å². The Morgan fingerprint density at radius 1 is 1.18 bits per heavy atom. The summed E-state index contributed by atoms with van der Waals surface area (Å²) < 4.78 is 1.98. The molecule has 0 spiro atoms. The summed E-state index contributed by atoms with van der Waals surface area (Å²) in [4.78, 5) is 0. The Labute approximate surface area is 105 Å². The van der Waals surface area contributed by atoms with Crippen LogP contribution in [0.2, 0.25) is 0 Å². The summed E-state index contributed by atoms with van der Waals surface area (Å²) >= 11 is 0. The van der Waals surface area contributed by atoms with Crippen molar-refractivity contribution in [1.82, 2.24) is 9.78 Å². The lowest BCUT2D eigenvalue weighted by Crippen LogP contribution is -2.26. The zero-order valence-corrected chi connectivity index (χ0v) is 12.2. The van der Waals surface area contributed by atoms with Gasteiger partial charge in [-0.25, -0.2) is 0 Å². The maximum absolute atomic E-state index is 10.3. The highest BCUT2D eigenvalue weighted by Crippen LogP contribution is 2.33. The van der Waals surface area contributed by atoms with E-state index in [9.17, 15) is 5.11 Å². The molecule has 0 bridgehead atoms. The quantitative estimate of drug-likeness (QED) is 0.872. The smallest absolute Gasteiger partial charge is 0.160 e. The zero-order valence-electron chi connectivity index (χ0n) is 12.2. The van der Waals surface area contributed by atoms with Crippen LogP contribution in [-0.2, 0) is 12.0 Å². The first kappa shape index (κ1) is 14.1. The second-order valence-electron chi connectivity index (χ2n) is 6.52. The van der Waals surface area contributed by atoms with Gasteiger partial charge in [0.2, 0.25) is 0 Å². The first-order valence-electron chi connectivity index (χ1n) is 6.45. The molecule has 0 atom stereocenters. The minimum Gasteiger partial charge on any atom is -0.504 e. The van der Waals surface area contributed by atoms with Crippen LogP contribution < -0.4 is 0 Å². The van der Waals surface area contributed by atoms with Crippen LogP contribution in [0.4, 0.5) is 0 Å². The number of aromatic nitrogens is 2. The van der Waals surface area contributed by atoms with Crippen LogP contribution in [0, 0.1) is 5.92 Å². The van der Waals surface area contributed by atoms with Gasteiger partial charge in [0.15, 0.2) is 5.75 Å². The molecule has 0 aromatic carbocycles. The lowest BCUT2D eigenvalue weighted by molar-refractivity contribution is 0.332. The van der Waals surface area contributed by atoms with Crippen LogP contribution in [0.15, 0.2) is 0 Å². The van der Waals surface area contributed by atoms with E-state index < -0.39 is 0 Å². The van der Waals surface area contributed by atoms with Crippen LogP contribution in [0.25, 0.3) is 0 Å². The molecule has 98 valence electrons. The van der Waals surface area contributed by atoms with E-state index in [0.29, 0.717) is 11.7 Å². The molecule has 0 aliphatic carbocycles. The molecule has 1 N–H and O–H groups in total. The van der Waals surface area contributed by atoms with Gasteiger partial charge in [-0.3, -0.25) is 4.68 Å². The second kappa shape index (κ2) is 4.71.